The molecule has 1 N–H and O–H groups in total. The van der Waals surface area contributed by atoms with E-state index in [1.807, 2.05) is 66.8 Å². The molecule has 0 atom stereocenters. The summed E-state index contributed by atoms with van der Waals surface area (Å²) >= 11 is 0. The quantitative estimate of drug-likeness (QED) is 0.751. The molecule has 6 nitrogen and oxygen atoms in total. The van der Waals surface area contributed by atoms with E-state index in [-0.39, 0.29) is 5.91 Å². The van der Waals surface area contributed by atoms with Gasteiger partial charge in [0.15, 0.2) is 0 Å². The van der Waals surface area contributed by atoms with Gasteiger partial charge < -0.3 is 5.32 Å². The summed E-state index contributed by atoms with van der Waals surface area (Å²) in [7, 11) is 1.93. The van der Waals surface area contributed by atoms with Crippen LogP contribution in [-0.2, 0) is 24.8 Å². The summed E-state index contributed by atoms with van der Waals surface area (Å²) in [6, 6.07) is 9.91. The lowest BCUT2D eigenvalue weighted by Crippen LogP contribution is -2.23. The van der Waals surface area contributed by atoms with Crippen molar-refractivity contribution < 1.29 is 4.79 Å². The highest BCUT2D eigenvalue weighted by molar-refractivity contribution is 5.76. The Morgan fingerprint density at radius 1 is 1.20 bits per heavy atom. The van der Waals surface area contributed by atoms with E-state index in [4.69, 9.17) is 0 Å². The second-order valence-corrected chi connectivity index (χ2v) is 6.18. The Morgan fingerprint density at radius 3 is 2.64 bits per heavy atom. The molecule has 0 saturated heterocycles. The first-order chi connectivity index (χ1) is 12.0. The number of benzene rings is 1. The molecule has 25 heavy (non-hydrogen) atoms. The van der Waals surface area contributed by atoms with Crippen LogP contribution in [-0.4, -0.2) is 25.5 Å². The van der Waals surface area contributed by atoms with E-state index in [0.717, 1.165) is 28.2 Å². The molecule has 0 aliphatic carbocycles. The topological polar surface area (TPSA) is 64.7 Å². The van der Waals surface area contributed by atoms with Gasteiger partial charge in [-0.15, -0.1) is 0 Å². The summed E-state index contributed by atoms with van der Waals surface area (Å²) in [4.78, 5) is 12.1. The number of aryl methyl sites for hydroxylation is 2. The van der Waals surface area contributed by atoms with Crippen molar-refractivity contribution in [1.82, 2.24) is 24.9 Å². The molecule has 0 saturated carbocycles. The summed E-state index contributed by atoms with van der Waals surface area (Å²) in [6.45, 7) is 4.50. The van der Waals surface area contributed by atoms with Crippen LogP contribution >= 0.6 is 0 Å². The van der Waals surface area contributed by atoms with E-state index in [9.17, 15) is 4.79 Å². The van der Waals surface area contributed by atoms with Crippen molar-refractivity contribution in [2.24, 2.45) is 7.05 Å². The number of rotatable bonds is 6. The van der Waals surface area contributed by atoms with Crippen LogP contribution in [0.3, 0.4) is 0 Å². The Balaban J connectivity index is 1.52. The van der Waals surface area contributed by atoms with Crippen LogP contribution in [0.1, 0.15) is 28.9 Å². The number of carbonyl (C=O) groups excluding carboxylic acids is 1. The number of aromatic nitrogens is 4. The fourth-order valence-corrected chi connectivity index (χ4v) is 2.88. The van der Waals surface area contributed by atoms with Crippen molar-refractivity contribution in [2.45, 2.75) is 33.2 Å². The van der Waals surface area contributed by atoms with Gasteiger partial charge in [0.05, 0.1) is 17.6 Å². The van der Waals surface area contributed by atoms with E-state index in [0.29, 0.717) is 19.4 Å². The average Bonchev–Trinajstić information content (AvgIpc) is 3.18. The van der Waals surface area contributed by atoms with Gasteiger partial charge in [-0.3, -0.25) is 9.48 Å². The van der Waals surface area contributed by atoms with Crippen LogP contribution < -0.4 is 5.32 Å². The van der Waals surface area contributed by atoms with Crippen LogP contribution in [0.25, 0.3) is 5.69 Å². The predicted octanol–water partition coefficient (Wildman–Crippen LogP) is 2.47. The third-order valence-electron chi connectivity index (χ3n) is 4.41. The van der Waals surface area contributed by atoms with Crippen molar-refractivity contribution in [3.8, 4) is 5.69 Å². The second-order valence-electron chi connectivity index (χ2n) is 6.18. The largest absolute Gasteiger partial charge is 0.352 e. The van der Waals surface area contributed by atoms with Crippen LogP contribution in [0.2, 0.25) is 0 Å². The van der Waals surface area contributed by atoms with Crippen molar-refractivity contribution >= 4 is 5.91 Å². The number of nitrogens with one attached hydrogen (secondary N) is 1. The lowest BCUT2D eigenvalue weighted by molar-refractivity contribution is -0.121. The molecular weight excluding hydrogens is 314 g/mol. The molecule has 1 amide bonds. The van der Waals surface area contributed by atoms with Crippen molar-refractivity contribution in [2.75, 3.05) is 0 Å². The van der Waals surface area contributed by atoms with E-state index >= 15 is 0 Å². The fraction of sp³-hybridized carbons (Fsp3) is 0.316. The number of amides is 1. The smallest absolute Gasteiger partial charge is 0.220 e. The van der Waals surface area contributed by atoms with Gasteiger partial charge in [-0.25, -0.2) is 4.68 Å². The van der Waals surface area contributed by atoms with Gasteiger partial charge >= 0.3 is 0 Å². The fourth-order valence-electron chi connectivity index (χ4n) is 2.88. The lowest BCUT2D eigenvalue weighted by atomic mass is 10.1. The van der Waals surface area contributed by atoms with Gasteiger partial charge in [-0.05, 0) is 38.0 Å². The maximum atomic E-state index is 12.1. The number of hydrogen-bond acceptors (Lipinski definition) is 3. The average molecular weight is 337 g/mol. The second kappa shape index (κ2) is 7.34. The zero-order valence-electron chi connectivity index (χ0n) is 14.9. The number of para-hydroxylation sites is 1. The minimum atomic E-state index is 0.0371. The molecule has 3 aromatic rings. The molecular formula is C19H23N5O. The summed E-state index contributed by atoms with van der Waals surface area (Å²) < 4.78 is 3.67. The van der Waals surface area contributed by atoms with E-state index in [1.165, 1.54) is 0 Å². The SMILES string of the molecule is Cc1nn(C)c(C)c1CCC(=O)NCc1cnn(-c2ccccc2)c1. The zero-order valence-corrected chi connectivity index (χ0v) is 14.9. The van der Waals surface area contributed by atoms with Crippen LogP contribution in [0.5, 0.6) is 0 Å². The summed E-state index contributed by atoms with van der Waals surface area (Å²) in [5, 5.41) is 11.7. The minimum absolute atomic E-state index is 0.0371. The summed E-state index contributed by atoms with van der Waals surface area (Å²) in [5.41, 5.74) is 5.26. The van der Waals surface area contributed by atoms with E-state index < -0.39 is 0 Å². The molecule has 1 aromatic carbocycles. The van der Waals surface area contributed by atoms with E-state index in [2.05, 4.69) is 15.5 Å². The van der Waals surface area contributed by atoms with Gasteiger partial charge in [-0.2, -0.15) is 10.2 Å². The Bertz CT molecular complexity index is 863. The monoisotopic (exact) mass is 337 g/mol. The predicted molar refractivity (Wildman–Crippen MR) is 96.4 cm³/mol. The molecule has 0 aliphatic rings. The van der Waals surface area contributed by atoms with Gasteiger partial charge in [0.25, 0.3) is 0 Å². The van der Waals surface area contributed by atoms with Crippen LogP contribution in [0, 0.1) is 13.8 Å². The molecule has 0 fully saturated rings. The van der Waals surface area contributed by atoms with Crippen LogP contribution in [0.15, 0.2) is 42.7 Å². The zero-order chi connectivity index (χ0) is 17.8. The molecule has 3 rings (SSSR count). The Labute approximate surface area is 147 Å². The van der Waals surface area contributed by atoms with E-state index in [1.54, 1.807) is 6.20 Å². The molecule has 0 spiro atoms. The highest BCUT2D eigenvalue weighted by Crippen LogP contribution is 2.14. The standard InChI is InChI=1S/C19H23N5O/c1-14-18(15(2)23(3)22-14)9-10-19(25)20-11-16-12-21-24(13-16)17-7-5-4-6-8-17/h4-8,12-13H,9-11H2,1-3H3,(H,20,25). The third kappa shape index (κ3) is 3.96. The number of hydrogen-bond donors (Lipinski definition) is 1. The maximum Gasteiger partial charge on any atom is 0.220 e. The molecule has 2 heterocycles. The summed E-state index contributed by atoms with van der Waals surface area (Å²) in [6.07, 6.45) is 4.88. The maximum absolute atomic E-state index is 12.1. The molecule has 2 aromatic heterocycles. The molecule has 0 radical (unpaired) electrons. The normalized spacial score (nSPS) is 10.8. The first kappa shape index (κ1) is 17.0. The molecule has 0 unspecified atom stereocenters. The lowest BCUT2D eigenvalue weighted by Gasteiger charge is -2.04. The Morgan fingerprint density at radius 2 is 1.96 bits per heavy atom. The van der Waals surface area contributed by atoms with Crippen molar-refractivity contribution in [3.63, 3.8) is 0 Å². The highest BCUT2D eigenvalue weighted by atomic mass is 16.1. The van der Waals surface area contributed by atoms with Gasteiger partial charge in [-0.1, -0.05) is 18.2 Å². The molecule has 0 bridgehead atoms. The third-order valence-corrected chi connectivity index (χ3v) is 4.41. The molecule has 0 aliphatic heterocycles. The van der Waals surface area contributed by atoms with Crippen molar-refractivity contribution in [3.05, 3.63) is 65.2 Å². The van der Waals surface area contributed by atoms with Gasteiger partial charge in [0.1, 0.15) is 0 Å². The van der Waals surface area contributed by atoms with Crippen LogP contribution in [0.4, 0.5) is 0 Å². The first-order valence-electron chi connectivity index (χ1n) is 8.39. The first-order valence-corrected chi connectivity index (χ1v) is 8.39. The molecule has 6 heteroatoms. The Hall–Kier alpha value is -2.89. The van der Waals surface area contributed by atoms with Crippen molar-refractivity contribution in [1.29, 1.82) is 0 Å². The van der Waals surface area contributed by atoms with Gasteiger partial charge in [0.2, 0.25) is 5.91 Å². The Kier molecular flexibility index (Phi) is 4.97. The number of carbonyl (C=O) groups is 1. The summed E-state index contributed by atoms with van der Waals surface area (Å²) in [5.74, 6) is 0.0371. The molecule has 130 valence electrons. The minimum Gasteiger partial charge on any atom is -0.352 e. The van der Waals surface area contributed by atoms with Gasteiger partial charge in [0, 0.05) is 37.5 Å². The highest BCUT2D eigenvalue weighted by Gasteiger charge is 2.11. The number of nitrogens with zero attached hydrogens (tertiary/aromatic N) is 4.